The fourth-order valence-corrected chi connectivity index (χ4v) is 1.77. The molecule has 0 heterocycles. The van der Waals surface area contributed by atoms with Gasteiger partial charge in [0.15, 0.2) is 0 Å². The molecule has 0 spiro atoms. The lowest BCUT2D eigenvalue weighted by Gasteiger charge is -2.01. The van der Waals surface area contributed by atoms with E-state index in [4.69, 9.17) is 5.21 Å². The SMILES string of the molecule is O=C1/C(=N\O)CCCc2ccccc21. The summed E-state index contributed by atoms with van der Waals surface area (Å²) < 4.78 is 0. The van der Waals surface area contributed by atoms with Crippen molar-refractivity contribution in [3.63, 3.8) is 0 Å². The number of hydrogen-bond donors (Lipinski definition) is 1. The highest BCUT2D eigenvalue weighted by Crippen LogP contribution is 2.18. The second-order valence-corrected chi connectivity index (χ2v) is 3.39. The van der Waals surface area contributed by atoms with Crippen LogP contribution in [0.4, 0.5) is 0 Å². The number of rotatable bonds is 0. The molecule has 0 saturated heterocycles. The van der Waals surface area contributed by atoms with E-state index in [1.807, 2.05) is 18.2 Å². The third-order valence-electron chi connectivity index (χ3n) is 2.50. The Morgan fingerprint density at radius 1 is 1.21 bits per heavy atom. The Bertz CT molecular complexity index is 396. The monoisotopic (exact) mass is 189 g/mol. The van der Waals surface area contributed by atoms with Gasteiger partial charge in [-0.3, -0.25) is 4.79 Å². The Kier molecular flexibility index (Phi) is 2.31. The van der Waals surface area contributed by atoms with Crippen molar-refractivity contribution in [2.75, 3.05) is 0 Å². The predicted molar refractivity (Wildman–Crippen MR) is 52.9 cm³/mol. The molecule has 0 radical (unpaired) electrons. The van der Waals surface area contributed by atoms with E-state index in [-0.39, 0.29) is 11.5 Å². The number of aryl methyl sites for hydroxylation is 1. The van der Waals surface area contributed by atoms with Gasteiger partial charge in [-0.2, -0.15) is 0 Å². The minimum Gasteiger partial charge on any atom is -0.411 e. The number of carbonyl (C=O) groups excluding carboxylic acids is 1. The van der Waals surface area contributed by atoms with Gasteiger partial charge >= 0.3 is 0 Å². The Morgan fingerprint density at radius 2 is 2.00 bits per heavy atom. The van der Waals surface area contributed by atoms with Crippen LogP contribution in [0.2, 0.25) is 0 Å². The van der Waals surface area contributed by atoms with Crippen LogP contribution in [0.1, 0.15) is 28.8 Å². The van der Waals surface area contributed by atoms with Gasteiger partial charge in [0.25, 0.3) is 0 Å². The van der Waals surface area contributed by atoms with Gasteiger partial charge in [-0.05, 0) is 24.8 Å². The van der Waals surface area contributed by atoms with E-state index < -0.39 is 0 Å². The minimum absolute atomic E-state index is 0.138. The van der Waals surface area contributed by atoms with E-state index in [0.29, 0.717) is 12.0 Å². The van der Waals surface area contributed by atoms with Gasteiger partial charge in [0.1, 0.15) is 5.71 Å². The summed E-state index contributed by atoms with van der Waals surface area (Å²) in [5.74, 6) is -0.138. The molecule has 1 aromatic rings. The van der Waals surface area contributed by atoms with Gasteiger partial charge in [0.2, 0.25) is 5.78 Å². The average Bonchev–Trinajstić information content (AvgIpc) is 2.39. The molecule has 0 aliphatic heterocycles. The molecule has 0 bridgehead atoms. The van der Waals surface area contributed by atoms with Crippen molar-refractivity contribution in [1.29, 1.82) is 0 Å². The summed E-state index contributed by atoms with van der Waals surface area (Å²) in [5, 5.41) is 11.7. The van der Waals surface area contributed by atoms with Crippen molar-refractivity contribution in [2.24, 2.45) is 5.16 Å². The van der Waals surface area contributed by atoms with Gasteiger partial charge in [0.05, 0.1) is 0 Å². The summed E-state index contributed by atoms with van der Waals surface area (Å²) in [6.07, 6.45) is 2.30. The molecule has 0 fully saturated rings. The highest BCUT2D eigenvalue weighted by molar-refractivity contribution is 6.46. The van der Waals surface area contributed by atoms with Gasteiger partial charge in [-0.25, -0.2) is 0 Å². The van der Waals surface area contributed by atoms with Crippen LogP contribution in [0.25, 0.3) is 0 Å². The third kappa shape index (κ3) is 1.41. The first-order chi connectivity index (χ1) is 6.83. The quantitative estimate of drug-likeness (QED) is 0.385. The molecule has 0 saturated carbocycles. The van der Waals surface area contributed by atoms with Crippen LogP contribution in [-0.2, 0) is 6.42 Å². The number of Topliss-reactive ketones (excluding diaryl/α,β-unsaturated/α-hetero) is 1. The molecule has 1 N–H and O–H groups in total. The van der Waals surface area contributed by atoms with E-state index in [9.17, 15) is 4.79 Å². The highest BCUT2D eigenvalue weighted by Gasteiger charge is 2.20. The predicted octanol–water partition coefficient (Wildman–Crippen LogP) is 2.04. The number of oxime groups is 1. The summed E-state index contributed by atoms with van der Waals surface area (Å²) in [4.78, 5) is 11.8. The summed E-state index contributed by atoms with van der Waals surface area (Å²) in [7, 11) is 0. The van der Waals surface area contributed by atoms with Crippen molar-refractivity contribution in [3.05, 3.63) is 35.4 Å². The van der Waals surface area contributed by atoms with Crippen molar-refractivity contribution >= 4 is 11.5 Å². The minimum atomic E-state index is -0.138. The van der Waals surface area contributed by atoms with Crippen LogP contribution >= 0.6 is 0 Å². The molecule has 72 valence electrons. The maximum atomic E-state index is 11.8. The molecule has 2 rings (SSSR count). The van der Waals surface area contributed by atoms with Crippen LogP contribution in [0.5, 0.6) is 0 Å². The zero-order chi connectivity index (χ0) is 9.97. The van der Waals surface area contributed by atoms with E-state index in [1.54, 1.807) is 6.07 Å². The van der Waals surface area contributed by atoms with Crippen LogP contribution in [0.15, 0.2) is 29.4 Å². The lowest BCUT2D eigenvalue weighted by molar-refractivity contribution is 0.106. The number of ketones is 1. The topological polar surface area (TPSA) is 49.7 Å². The van der Waals surface area contributed by atoms with Crippen LogP contribution in [0.3, 0.4) is 0 Å². The number of fused-ring (bicyclic) bond motifs is 1. The maximum Gasteiger partial charge on any atom is 0.210 e. The van der Waals surface area contributed by atoms with Gasteiger partial charge in [-0.1, -0.05) is 29.4 Å². The first-order valence-electron chi connectivity index (χ1n) is 4.66. The average molecular weight is 189 g/mol. The van der Waals surface area contributed by atoms with E-state index in [1.165, 1.54) is 0 Å². The smallest absolute Gasteiger partial charge is 0.210 e. The van der Waals surface area contributed by atoms with E-state index in [0.717, 1.165) is 18.4 Å². The molecule has 0 unspecified atom stereocenters. The Morgan fingerprint density at radius 3 is 2.79 bits per heavy atom. The summed E-state index contributed by atoms with van der Waals surface area (Å²) in [6, 6.07) is 7.49. The third-order valence-corrected chi connectivity index (χ3v) is 2.50. The molecule has 1 aliphatic rings. The molecule has 14 heavy (non-hydrogen) atoms. The molecule has 0 atom stereocenters. The summed E-state index contributed by atoms with van der Waals surface area (Å²) in [6.45, 7) is 0. The van der Waals surface area contributed by atoms with Crippen molar-refractivity contribution < 1.29 is 10.0 Å². The Hall–Kier alpha value is -1.64. The highest BCUT2D eigenvalue weighted by atomic mass is 16.4. The Balaban J connectivity index is 2.50. The summed E-state index contributed by atoms with van der Waals surface area (Å²) in [5.41, 5.74) is 2.00. The van der Waals surface area contributed by atoms with Crippen LogP contribution in [0, 0.1) is 0 Å². The zero-order valence-electron chi connectivity index (χ0n) is 7.73. The molecule has 0 amide bonds. The summed E-state index contributed by atoms with van der Waals surface area (Å²) >= 11 is 0. The van der Waals surface area contributed by atoms with Gasteiger partial charge in [-0.15, -0.1) is 0 Å². The largest absolute Gasteiger partial charge is 0.411 e. The zero-order valence-corrected chi connectivity index (χ0v) is 7.73. The second kappa shape index (κ2) is 3.62. The number of hydrogen-bond acceptors (Lipinski definition) is 3. The van der Waals surface area contributed by atoms with Gasteiger partial charge < -0.3 is 5.21 Å². The first kappa shape index (κ1) is 8.94. The molecule has 3 heteroatoms. The maximum absolute atomic E-state index is 11.8. The molecule has 3 nitrogen and oxygen atoms in total. The van der Waals surface area contributed by atoms with Crippen LogP contribution in [-0.4, -0.2) is 16.7 Å². The van der Waals surface area contributed by atoms with E-state index >= 15 is 0 Å². The fraction of sp³-hybridized carbons (Fsp3) is 0.273. The second-order valence-electron chi connectivity index (χ2n) is 3.39. The van der Waals surface area contributed by atoms with Gasteiger partial charge in [0, 0.05) is 5.56 Å². The standard InChI is InChI=1S/C11H11NO2/c13-11-9-6-2-1-4-8(9)5-3-7-10(11)12-14/h1-2,4,6,14H,3,5,7H2/b12-10-. The van der Waals surface area contributed by atoms with E-state index in [2.05, 4.69) is 5.16 Å². The molecule has 1 aromatic carbocycles. The lowest BCUT2D eigenvalue weighted by Crippen LogP contribution is -2.13. The number of benzene rings is 1. The molecular weight excluding hydrogens is 178 g/mol. The van der Waals surface area contributed by atoms with Crippen molar-refractivity contribution in [2.45, 2.75) is 19.3 Å². The van der Waals surface area contributed by atoms with Crippen LogP contribution < -0.4 is 0 Å². The first-order valence-corrected chi connectivity index (χ1v) is 4.66. The molecule has 0 aromatic heterocycles. The fourth-order valence-electron chi connectivity index (χ4n) is 1.77. The van der Waals surface area contributed by atoms with Crippen molar-refractivity contribution in [1.82, 2.24) is 0 Å². The lowest BCUT2D eigenvalue weighted by atomic mass is 10.0. The number of carbonyl (C=O) groups is 1. The normalized spacial score (nSPS) is 19.1. The Labute approximate surface area is 82.1 Å². The number of nitrogens with zero attached hydrogens (tertiary/aromatic N) is 1. The van der Waals surface area contributed by atoms with Crippen molar-refractivity contribution in [3.8, 4) is 0 Å². The molecule has 1 aliphatic carbocycles. The molecular formula is C11H11NO2.